The van der Waals surface area contributed by atoms with Crippen LogP contribution in [0.1, 0.15) is 55.8 Å². The van der Waals surface area contributed by atoms with Crippen molar-refractivity contribution in [3.63, 3.8) is 0 Å². The van der Waals surface area contributed by atoms with Gasteiger partial charge in [-0.1, -0.05) is 55.3 Å². The van der Waals surface area contributed by atoms with E-state index in [0.29, 0.717) is 12.8 Å². The van der Waals surface area contributed by atoms with Crippen LogP contribution in [-0.4, -0.2) is 36.0 Å². The third kappa shape index (κ3) is 4.91. The Morgan fingerprint density at radius 1 is 0.667 bits per heavy atom. The summed E-state index contributed by atoms with van der Waals surface area (Å²) in [6.45, 7) is 5.57. The lowest BCUT2D eigenvalue weighted by atomic mass is 10.0. The molecule has 0 spiro atoms. The first-order valence-corrected chi connectivity index (χ1v) is 10.6. The van der Waals surface area contributed by atoms with Gasteiger partial charge in [-0.3, -0.25) is 9.80 Å². The molecule has 2 aliphatic rings. The molecule has 0 saturated carbocycles. The van der Waals surface area contributed by atoms with Crippen molar-refractivity contribution in [2.45, 2.75) is 51.3 Å². The van der Waals surface area contributed by atoms with E-state index >= 15 is 0 Å². The van der Waals surface area contributed by atoms with Gasteiger partial charge in [0, 0.05) is 0 Å². The second kappa shape index (κ2) is 9.38. The fourth-order valence-corrected chi connectivity index (χ4v) is 4.45. The van der Waals surface area contributed by atoms with Gasteiger partial charge in [0.1, 0.15) is 12.4 Å². The van der Waals surface area contributed by atoms with Crippen LogP contribution in [0.4, 0.5) is 0 Å². The van der Waals surface area contributed by atoms with E-state index in [-0.39, 0.29) is 0 Å². The molecule has 0 aliphatic carbocycles. The molecule has 3 nitrogen and oxygen atoms in total. The van der Waals surface area contributed by atoms with E-state index in [1.807, 2.05) is 30.3 Å². The topological polar surface area (TPSA) is 15.7 Å². The Balaban J connectivity index is 1.46. The Morgan fingerprint density at radius 3 is 1.78 bits per heavy atom. The molecule has 0 amide bonds. The standard InChI is InChI=1S/C24H32N2O/c1-4-10-23(11-5-1)27-20-21-12-14-22(15-13-21)24(25-16-6-2-7-17-25)26-18-8-3-9-19-26/h1,4-5,10-15,24H,2-3,6-9,16-20H2. The number of nitrogens with zero attached hydrogens (tertiary/aromatic N) is 2. The number of hydrogen-bond donors (Lipinski definition) is 0. The van der Waals surface area contributed by atoms with Crippen molar-refractivity contribution < 1.29 is 4.74 Å². The van der Waals surface area contributed by atoms with Gasteiger partial charge in [-0.2, -0.15) is 0 Å². The fourth-order valence-electron chi connectivity index (χ4n) is 4.45. The predicted octanol–water partition coefficient (Wildman–Crippen LogP) is 5.24. The molecule has 0 aromatic heterocycles. The van der Waals surface area contributed by atoms with Crippen molar-refractivity contribution in [2.75, 3.05) is 26.2 Å². The Hall–Kier alpha value is -1.84. The molecular formula is C24H32N2O. The highest BCUT2D eigenvalue weighted by atomic mass is 16.5. The number of piperidine rings is 2. The average molecular weight is 365 g/mol. The van der Waals surface area contributed by atoms with Crippen molar-refractivity contribution in [1.29, 1.82) is 0 Å². The van der Waals surface area contributed by atoms with E-state index in [4.69, 9.17) is 4.74 Å². The normalized spacial score (nSPS) is 19.3. The Labute approximate surface area is 163 Å². The van der Waals surface area contributed by atoms with Crippen molar-refractivity contribution >= 4 is 0 Å². The molecule has 2 aromatic rings. The van der Waals surface area contributed by atoms with Gasteiger partial charge in [0.2, 0.25) is 0 Å². The summed E-state index contributed by atoms with van der Waals surface area (Å²) in [4.78, 5) is 5.43. The van der Waals surface area contributed by atoms with E-state index in [2.05, 4.69) is 34.1 Å². The second-order valence-electron chi connectivity index (χ2n) is 7.91. The maximum atomic E-state index is 5.90. The van der Waals surface area contributed by atoms with Crippen molar-refractivity contribution in [3.8, 4) is 5.75 Å². The lowest BCUT2D eigenvalue weighted by Gasteiger charge is -2.43. The van der Waals surface area contributed by atoms with Crippen molar-refractivity contribution in [1.82, 2.24) is 9.80 Å². The van der Waals surface area contributed by atoms with Gasteiger partial charge < -0.3 is 4.74 Å². The van der Waals surface area contributed by atoms with E-state index < -0.39 is 0 Å². The van der Waals surface area contributed by atoms with Crippen LogP contribution in [0.3, 0.4) is 0 Å². The van der Waals surface area contributed by atoms with Gasteiger partial charge in [0.05, 0.1) is 6.17 Å². The molecule has 2 aromatic carbocycles. The van der Waals surface area contributed by atoms with E-state index in [0.717, 1.165) is 5.75 Å². The zero-order chi connectivity index (χ0) is 18.3. The van der Waals surface area contributed by atoms with Crippen LogP contribution in [-0.2, 0) is 6.61 Å². The summed E-state index contributed by atoms with van der Waals surface area (Å²) in [5.74, 6) is 0.932. The van der Waals surface area contributed by atoms with Crippen molar-refractivity contribution in [3.05, 3.63) is 65.7 Å². The minimum absolute atomic E-state index is 0.453. The first kappa shape index (κ1) is 18.5. The summed E-state index contributed by atoms with van der Waals surface area (Å²) in [5.41, 5.74) is 2.68. The zero-order valence-electron chi connectivity index (χ0n) is 16.4. The van der Waals surface area contributed by atoms with Crippen LogP contribution in [0.2, 0.25) is 0 Å². The molecule has 144 valence electrons. The minimum atomic E-state index is 0.453. The van der Waals surface area contributed by atoms with Gasteiger partial charge in [-0.05, 0) is 75.1 Å². The first-order chi connectivity index (χ1) is 13.4. The van der Waals surface area contributed by atoms with Crippen LogP contribution in [0.5, 0.6) is 5.75 Å². The summed E-state index contributed by atoms with van der Waals surface area (Å²) >= 11 is 0. The molecule has 2 fully saturated rings. The molecular weight excluding hydrogens is 332 g/mol. The summed E-state index contributed by atoms with van der Waals surface area (Å²) in [7, 11) is 0. The lowest BCUT2D eigenvalue weighted by Crippen LogP contribution is -2.45. The third-order valence-corrected chi connectivity index (χ3v) is 5.90. The van der Waals surface area contributed by atoms with Crippen LogP contribution in [0, 0.1) is 0 Å². The number of hydrogen-bond acceptors (Lipinski definition) is 3. The summed E-state index contributed by atoms with van der Waals surface area (Å²) < 4.78 is 5.90. The van der Waals surface area contributed by atoms with Crippen LogP contribution >= 0.6 is 0 Å². The van der Waals surface area contributed by atoms with Gasteiger partial charge in [-0.25, -0.2) is 0 Å². The van der Waals surface area contributed by atoms with E-state index in [1.54, 1.807) is 0 Å². The SMILES string of the molecule is c1ccc(OCc2ccc(C(N3CCCCC3)N3CCCCC3)cc2)cc1. The van der Waals surface area contributed by atoms with Crippen molar-refractivity contribution in [2.24, 2.45) is 0 Å². The average Bonchev–Trinajstić information content (AvgIpc) is 2.76. The summed E-state index contributed by atoms with van der Waals surface area (Å²) in [5, 5.41) is 0. The largest absolute Gasteiger partial charge is 0.489 e. The molecule has 0 bridgehead atoms. The Morgan fingerprint density at radius 2 is 1.22 bits per heavy atom. The monoisotopic (exact) mass is 364 g/mol. The first-order valence-electron chi connectivity index (χ1n) is 10.6. The minimum Gasteiger partial charge on any atom is -0.489 e. The van der Waals surface area contributed by atoms with E-state index in [9.17, 15) is 0 Å². The lowest BCUT2D eigenvalue weighted by molar-refractivity contribution is 0.0156. The molecule has 0 unspecified atom stereocenters. The zero-order valence-corrected chi connectivity index (χ0v) is 16.4. The van der Waals surface area contributed by atoms with Crippen LogP contribution in [0.25, 0.3) is 0 Å². The smallest absolute Gasteiger partial charge is 0.119 e. The molecule has 0 atom stereocenters. The van der Waals surface area contributed by atoms with Crippen LogP contribution < -0.4 is 4.74 Å². The molecule has 2 heterocycles. The highest BCUT2D eigenvalue weighted by Crippen LogP contribution is 2.30. The Kier molecular flexibility index (Phi) is 6.44. The molecule has 4 rings (SSSR count). The quantitative estimate of drug-likeness (QED) is 0.697. The number of benzene rings is 2. The third-order valence-electron chi connectivity index (χ3n) is 5.90. The summed E-state index contributed by atoms with van der Waals surface area (Å²) in [6.07, 6.45) is 8.59. The molecule has 0 radical (unpaired) electrons. The maximum Gasteiger partial charge on any atom is 0.119 e. The molecule has 0 N–H and O–H groups in total. The highest BCUT2D eigenvalue weighted by molar-refractivity contribution is 5.26. The predicted molar refractivity (Wildman–Crippen MR) is 111 cm³/mol. The van der Waals surface area contributed by atoms with E-state index in [1.165, 1.54) is 75.8 Å². The van der Waals surface area contributed by atoms with Gasteiger partial charge >= 0.3 is 0 Å². The van der Waals surface area contributed by atoms with Gasteiger partial charge in [0.15, 0.2) is 0 Å². The van der Waals surface area contributed by atoms with Crippen LogP contribution in [0.15, 0.2) is 54.6 Å². The number of rotatable bonds is 6. The number of para-hydroxylation sites is 1. The Bertz CT molecular complexity index is 655. The maximum absolute atomic E-state index is 5.90. The second-order valence-corrected chi connectivity index (χ2v) is 7.91. The molecule has 3 heteroatoms. The van der Waals surface area contributed by atoms with Gasteiger partial charge in [0.25, 0.3) is 0 Å². The fraction of sp³-hybridized carbons (Fsp3) is 0.500. The molecule has 27 heavy (non-hydrogen) atoms. The molecule has 2 saturated heterocycles. The highest BCUT2D eigenvalue weighted by Gasteiger charge is 2.28. The molecule has 2 aliphatic heterocycles. The van der Waals surface area contributed by atoms with Gasteiger partial charge in [-0.15, -0.1) is 0 Å². The summed E-state index contributed by atoms with van der Waals surface area (Å²) in [6, 6.07) is 19.2. The number of likely N-dealkylation sites (tertiary alicyclic amines) is 2. The number of ether oxygens (including phenoxy) is 1.